The Balaban J connectivity index is 0.000000218. The third kappa shape index (κ3) is 11.5. The van der Waals surface area contributed by atoms with Crippen LogP contribution in [-0.2, 0) is 12.6 Å². The topological polar surface area (TPSA) is 23.8 Å². The first-order valence-electron chi connectivity index (χ1n) is 18.2. The Labute approximate surface area is 376 Å². The average Bonchev–Trinajstić information content (AvgIpc) is 3.28. The van der Waals surface area contributed by atoms with E-state index in [1.165, 1.54) is 40.2 Å². The van der Waals surface area contributed by atoms with Gasteiger partial charge in [-0.05, 0) is 0 Å². The molecule has 0 fully saturated rings. The van der Waals surface area contributed by atoms with E-state index in [1.807, 2.05) is 0 Å². The first kappa shape index (κ1) is 46.4. The van der Waals surface area contributed by atoms with Crippen molar-refractivity contribution in [3.8, 4) is 5.40 Å². The van der Waals surface area contributed by atoms with Crippen LogP contribution in [0.5, 0.6) is 0 Å². The maximum atomic E-state index is 7.13. The Hall–Kier alpha value is -4.25. The quantitative estimate of drug-likeness (QED) is 0.0914. The molecule has 1 nitrogen and oxygen atoms in total. The summed E-state index contributed by atoms with van der Waals surface area (Å²) in [7, 11) is 0. The molecule has 0 bridgehead atoms. The average molecular weight is 980 g/mol. The van der Waals surface area contributed by atoms with E-state index in [0.29, 0.717) is 0 Å². The molecular formula is C50H41As2Cl4NS. The fraction of sp³-hybridized carbons (Fsp3) is 0.0200. The van der Waals surface area contributed by atoms with Gasteiger partial charge in [-0.15, -0.1) is 0 Å². The van der Waals surface area contributed by atoms with Crippen LogP contribution >= 0.6 is 34.8 Å². The van der Waals surface area contributed by atoms with E-state index in [9.17, 15) is 0 Å². The van der Waals surface area contributed by atoms with Crippen molar-refractivity contribution in [2.45, 2.75) is 4.30 Å². The van der Waals surface area contributed by atoms with Crippen molar-refractivity contribution in [1.82, 2.24) is 0 Å². The number of nitrogens with zero attached hydrogens (tertiary/aromatic N) is 1. The number of rotatable bonds is 8. The third-order valence-electron chi connectivity index (χ3n) is 9.15. The van der Waals surface area contributed by atoms with Gasteiger partial charge in [0.05, 0.1) is 0 Å². The van der Waals surface area contributed by atoms with Crippen LogP contribution in [0.4, 0.5) is 0 Å². The molecule has 0 N–H and O–H groups in total. The van der Waals surface area contributed by atoms with Crippen LogP contribution in [0.3, 0.4) is 0 Å². The van der Waals surface area contributed by atoms with Gasteiger partial charge in [0, 0.05) is 0 Å². The first-order valence-corrected chi connectivity index (χ1v) is 27.4. The van der Waals surface area contributed by atoms with Gasteiger partial charge < -0.3 is 25.0 Å². The second-order valence-electron chi connectivity index (χ2n) is 12.4. The van der Waals surface area contributed by atoms with E-state index >= 15 is 0 Å². The molecule has 290 valence electrons. The Morgan fingerprint density at radius 3 is 0.483 bits per heavy atom. The summed E-state index contributed by atoms with van der Waals surface area (Å²) >= 11 is 12.6. The molecule has 8 aromatic rings. The summed E-state index contributed by atoms with van der Waals surface area (Å²) in [5, 5.41) is 8.47. The van der Waals surface area contributed by atoms with Gasteiger partial charge in [-0.3, -0.25) is 0 Å². The van der Waals surface area contributed by atoms with E-state index in [2.05, 4.69) is 255 Å². The number of halogens is 4. The van der Waals surface area contributed by atoms with Gasteiger partial charge in [-0.1, -0.05) is 40.2 Å². The van der Waals surface area contributed by atoms with Crippen molar-refractivity contribution in [3.63, 3.8) is 0 Å². The van der Waals surface area contributed by atoms with Gasteiger partial charge in [0.25, 0.3) is 0 Å². The number of hydrogen-bond donors (Lipinski definition) is 0. The van der Waals surface area contributed by atoms with Crippen LogP contribution in [0, 0.1) is 10.7 Å². The van der Waals surface area contributed by atoms with Crippen LogP contribution in [0.1, 0.15) is 0 Å². The Kier molecular flexibility index (Phi) is 19.7. The second-order valence-corrected chi connectivity index (χ2v) is 28.8. The Morgan fingerprint density at radius 2 is 0.397 bits per heavy atom. The van der Waals surface area contributed by atoms with Gasteiger partial charge in [-0.25, -0.2) is 5.26 Å². The van der Waals surface area contributed by atoms with Gasteiger partial charge in [0.1, 0.15) is 0 Å². The molecule has 8 heteroatoms. The summed E-state index contributed by atoms with van der Waals surface area (Å²) in [6, 6.07) is 88.4. The van der Waals surface area contributed by atoms with E-state index in [0.717, 1.165) is 0 Å². The molecule has 8 aromatic carbocycles. The Bertz CT molecular complexity index is 1850. The molecule has 0 aliphatic heterocycles. The van der Waals surface area contributed by atoms with Crippen molar-refractivity contribution in [2.75, 3.05) is 0 Å². The zero-order valence-corrected chi connectivity index (χ0v) is 39.0. The van der Waals surface area contributed by atoms with Crippen LogP contribution in [0.2, 0.25) is 0 Å². The summed E-state index contributed by atoms with van der Waals surface area (Å²) in [6.45, 7) is 0. The van der Waals surface area contributed by atoms with Crippen molar-refractivity contribution < 1.29 is 12.4 Å². The number of benzene rings is 8. The predicted octanol–water partition coefficient (Wildman–Crippen LogP) is 5.13. The van der Waals surface area contributed by atoms with Crippen molar-refractivity contribution in [3.05, 3.63) is 243 Å². The number of hydrogen-bond acceptors (Lipinski definition) is 2. The second kappa shape index (κ2) is 24.6. The van der Waals surface area contributed by atoms with Crippen molar-refractivity contribution >= 4 is 109 Å². The summed E-state index contributed by atoms with van der Waals surface area (Å²) in [6.07, 6.45) is 0. The van der Waals surface area contributed by atoms with Gasteiger partial charge >= 0.3 is 305 Å². The Morgan fingerprint density at radius 1 is 0.310 bits per heavy atom. The molecule has 0 aromatic heterocycles. The molecule has 0 aliphatic rings. The van der Waals surface area contributed by atoms with Gasteiger partial charge in [0.15, 0.2) is 4.30 Å². The standard InChI is InChI=1S/2C24H20As.CHCl3.CHNS.ClH/c2*1-5-13-21(14-6-1)25(22-15-7-2-8-16-22,23-17-9-3-10-18-23)24-19-11-4-12-20-24;2-1(3)4;2-1-3;/h2*1-20H;1H;3H;1H/q2*+1;;;/p-2. The van der Waals surface area contributed by atoms with E-state index in [4.69, 9.17) is 40.1 Å². The molecular weight excluding hydrogens is 938 g/mol. The van der Waals surface area contributed by atoms with E-state index < -0.39 is 31.4 Å². The molecule has 0 saturated heterocycles. The molecule has 0 atom stereocenters. The molecule has 0 spiro atoms. The molecule has 0 radical (unpaired) electrons. The summed E-state index contributed by atoms with van der Waals surface area (Å²) < 4.78 is 10.8. The maximum absolute atomic E-state index is 7.13. The zero-order chi connectivity index (χ0) is 40.2. The van der Waals surface area contributed by atoms with Gasteiger partial charge in [-0.2, -0.15) is 0 Å². The fourth-order valence-electron chi connectivity index (χ4n) is 7.00. The number of alkyl halides is 3. The predicted molar refractivity (Wildman–Crippen MR) is 254 cm³/mol. The normalized spacial score (nSPS) is 10.4. The molecule has 58 heavy (non-hydrogen) atoms. The van der Waals surface area contributed by atoms with Crippen LogP contribution in [0.15, 0.2) is 243 Å². The van der Waals surface area contributed by atoms with Crippen LogP contribution in [0.25, 0.3) is 0 Å². The fourth-order valence-corrected chi connectivity index (χ4v) is 24.9. The number of thiocyanates is 1. The summed E-state index contributed by atoms with van der Waals surface area (Å²) in [5.74, 6) is 0. The van der Waals surface area contributed by atoms with Crippen molar-refractivity contribution in [2.24, 2.45) is 0 Å². The molecule has 8 rings (SSSR count). The molecule has 0 heterocycles. The van der Waals surface area contributed by atoms with Crippen LogP contribution < -0.4 is 47.2 Å². The minimum absolute atomic E-state index is 0. The number of nitriles is 1. The van der Waals surface area contributed by atoms with Crippen LogP contribution in [-0.4, -0.2) is 31.4 Å². The van der Waals surface area contributed by atoms with E-state index in [1.54, 1.807) is 0 Å². The van der Waals surface area contributed by atoms with E-state index in [-0.39, 0.29) is 12.4 Å². The molecule has 0 amide bonds. The monoisotopic (exact) mass is 977 g/mol. The minimum atomic E-state index is -2.77. The molecule has 0 saturated carbocycles. The SMILES string of the molecule is ClC(Cl)Cl.N#C[S-].[Cl-].c1ccc([As+](c2ccccc2)(c2ccccc2)c2ccccc2)cc1.c1ccc([As+](c2ccccc2)(c2ccccc2)c2ccccc2)cc1. The molecule has 0 unspecified atom stereocenters. The summed E-state index contributed by atoms with van der Waals surface area (Å²) in [4.78, 5) is 0. The zero-order valence-electron chi connectivity index (χ0n) is 31.4. The summed E-state index contributed by atoms with van der Waals surface area (Å²) in [5.41, 5.74) is 0. The third-order valence-corrected chi connectivity index (χ3v) is 27.2. The van der Waals surface area contributed by atoms with Gasteiger partial charge in [0.2, 0.25) is 0 Å². The van der Waals surface area contributed by atoms with Crippen molar-refractivity contribution in [1.29, 1.82) is 5.26 Å². The molecule has 0 aliphatic carbocycles. The first-order chi connectivity index (χ1) is 28.0.